The molecule has 0 radical (unpaired) electrons. The number of rotatable bonds is 6. The predicted octanol–water partition coefficient (Wildman–Crippen LogP) is 3.12. The molecule has 0 atom stereocenters. The standard InChI is InChI=1S/C19H20N2O4/c1-23-16-9-8-13(17(24-2)18(16)25-3)11-20-19(22)15-10-12-6-4-5-7-14(12)21-15/h4-10,21H,11H2,1-3H3,(H,20,22). The molecule has 0 unspecified atom stereocenters. The summed E-state index contributed by atoms with van der Waals surface area (Å²) in [7, 11) is 4.67. The summed E-state index contributed by atoms with van der Waals surface area (Å²) < 4.78 is 16.1. The highest BCUT2D eigenvalue weighted by Crippen LogP contribution is 2.39. The zero-order chi connectivity index (χ0) is 17.8. The maximum atomic E-state index is 12.4. The van der Waals surface area contributed by atoms with Gasteiger partial charge in [-0.15, -0.1) is 0 Å². The Morgan fingerprint density at radius 2 is 1.76 bits per heavy atom. The van der Waals surface area contributed by atoms with Crippen molar-refractivity contribution in [3.05, 3.63) is 53.7 Å². The fourth-order valence-corrected chi connectivity index (χ4v) is 2.77. The molecular formula is C19H20N2O4. The van der Waals surface area contributed by atoms with E-state index in [2.05, 4.69) is 10.3 Å². The van der Waals surface area contributed by atoms with Crippen molar-refractivity contribution in [2.75, 3.05) is 21.3 Å². The first-order chi connectivity index (χ1) is 12.2. The third-order valence-corrected chi connectivity index (χ3v) is 4.00. The van der Waals surface area contributed by atoms with Crippen LogP contribution in [0, 0.1) is 0 Å². The molecule has 3 aromatic rings. The quantitative estimate of drug-likeness (QED) is 0.723. The molecule has 1 heterocycles. The maximum absolute atomic E-state index is 12.4. The van der Waals surface area contributed by atoms with E-state index >= 15 is 0 Å². The number of methoxy groups -OCH3 is 3. The molecule has 0 aliphatic carbocycles. The van der Waals surface area contributed by atoms with E-state index in [0.717, 1.165) is 16.5 Å². The van der Waals surface area contributed by atoms with E-state index in [-0.39, 0.29) is 5.91 Å². The van der Waals surface area contributed by atoms with Crippen molar-refractivity contribution in [1.82, 2.24) is 10.3 Å². The number of fused-ring (bicyclic) bond motifs is 1. The molecule has 2 aromatic carbocycles. The molecular weight excluding hydrogens is 320 g/mol. The van der Waals surface area contributed by atoms with Gasteiger partial charge in [0, 0.05) is 23.0 Å². The minimum Gasteiger partial charge on any atom is -0.493 e. The predicted molar refractivity (Wildman–Crippen MR) is 95.6 cm³/mol. The minimum atomic E-state index is -0.187. The highest BCUT2D eigenvalue weighted by molar-refractivity contribution is 5.97. The first kappa shape index (κ1) is 16.7. The molecule has 0 fully saturated rings. The van der Waals surface area contributed by atoms with E-state index < -0.39 is 0 Å². The molecule has 1 amide bonds. The highest BCUT2D eigenvalue weighted by Gasteiger charge is 2.17. The van der Waals surface area contributed by atoms with Gasteiger partial charge in [-0.2, -0.15) is 0 Å². The second kappa shape index (κ2) is 7.17. The number of aromatic amines is 1. The van der Waals surface area contributed by atoms with Crippen molar-refractivity contribution in [2.45, 2.75) is 6.54 Å². The number of ether oxygens (including phenoxy) is 3. The maximum Gasteiger partial charge on any atom is 0.267 e. The molecule has 0 spiro atoms. The van der Waals surface area contributed by atoms with E-state index in [1.165, 1.54) is 0 Å². The van der Waals surface area contributed by atoms with Crippen LogP contribution in [-0.2, 0) is 6.54 Å². The van der Waals surface area contributed by atoms with Crippen molar-refractivity contribution in [3.8, 4) is 17.2 Å². The van der Waals surface area contributed by atoms with Crippen LogP contribution in [0.5, 0.6) is 17.2 Å². The summed E-state index contributed by atoms with van der Waals surface area (Å²) >= 11 is 0. The number of carbonyl (C=O) groups is 1. The molecule has 2 N–H and O–H groups in total. The Morgan fingerprint density at radius 1 is 1.00 bits per heavy atom. The van der Waals surface area contributed by atoms with Crippen molar-refractivity contribution < 1.29 is 19.0 Å². The lowest BCUT2D eigenvalue weighted by Crippen LogP contribution is -2.23. The fraction of sp³-hybridized carbons (Fsp3) is 0.211. The van der Waals surface area contributed by atoms with Crippen LogP contribution < -0.4 is 19.5 Å². The zero-order valence-corrected chi connectivity index (χ0v) is 14.4. The minimum absolute atomic E-state index is 0.187. The summed E-state index contributed by atoms with van der Waals surface area (Å²) in [4.78, 5) is 15.5. The topological polar surface area (TPSA) is 72.6 Å². The molecule has 0 aliphatic heterocycles. The number of aromatic nitrogens is 1. The van der Waals surface area contributed by atoms with Gasteiger partial charge in [-0.1, -0.05) is 18.2 Å². The lowest BCUT2D eigenvalue weighted by molar-refractivity contribution is 0.0946. The van der Waals surface area contributed by atoms with E-state index in [1.54, 1.807) is 27.4 Å². The number of carbonyl (C=O) groups excluding carboxylic acids is 1. The van der Waals surface area contributed by atoms with Gasteiger partial charge in [0.05, 0.1) is 21.3 Å². The van der Waals surface area contributed by atoms with E-state index in [0.29, 0.717) is 29.5 Å². The van der Waals surface area contributed by atoms with E-state index in [1.807, 2.05) is 36.4 Å². The second-order valence-electron chi connectivity index (χ2n) is 5.45. The van der Waals surface area contributed by atoms with Gasteiger partial charge >= 0.3 is 0 Å². The molecule has 1 aromatic heterocycles. The van der Waals surface area contributed by atoms with Crippen LogP contribution in [0.1, 0.15) is 16.1 Å². The fourth-order valence-electron chi connectivity index (χ4n) is 2.77. The van der Waals surface area contributed by atoms with E-state index in [9.17, 15) is 4.79 Å². The summed E-state index contributed by atoms with van der Waals surface area (Å²) in [6.07, 6.45) is 0. The number of benzene rings is 2. The Kier molecular flexibility index (Phi) is 4.79. The Labute approximate surface area is 145 Å². The van der Waals surface area contributed by atoms with Gasteiger partial charge in [-0.05, 0) is 24.3 Å². The number of H-pyrrole nitrogens is 1. The second-order valence-corrected chi connectivity index (χ2v) is 5.45. The van der Waals surface area contributed by atoms with Gasteiger partial charge < -0.3 is 24.5 Å². The highest BCUT2D eigenvalue weighted by atomic mass is 16.5. The van der Waals surface area contributed by atoms with Gasteiger partial charge in [0.1, 0.15) is 5.69 Å². The first-order valence-electron chi connectivity index (χ1n) is 7.81. The third kappa shape index (κ3) is 3.24. The largest absolute Gasteiger partial charge is 0.493 e. The SMILES string of the molecule is COc1ccc(CNC(=O)c2cc3ccccc3[nH]2)c(OC)c1OC. The van der Waals surface area contributed by atoms with Gasteiger partial charge in [0.2, 0.25) is 5.75 Å². The smallest absolute Gasteiger partial charge is 0.267 e. The van der Waals surface area contributed by atoms with E-state index in [4.69, 9.17) is 14.2 Å². The average molecular weight is 340 g/mol. The van der Waals surface area contributed by atoms with Crippen LogP contribution in [0.15, 0.2) is 42.5 Å². The number of hydrogen-bond donors (Lipinski definition) is 2. The van der Waals surface area contributed by atoms with Gasteiger partial charge in [0.15, 0.2) is 11.5 Å². The van der Waals surface area contributed by atoms with Crippen LogP contribution in [-0.4, -0.2) is 32.2 Å². The molecule has 6 heteroatoms. The number of para-hydroxylation sites is 1. The summed E-state index contributed by atoms with van der Waals surface area (Å²) in [5, 5.41) is 3.89. The lowest BCUT2D eigenvalue weighted by atomic mass is 10.1. The van der Waals surface area contributed by atoms with Crippen molar-refractivity contribution in [1.29, 1.82) is 0 Å². The van der Waals surface area contributed by atoms with Gasteiger partial charge in [-0.25, -0.2) is 0 Å². The van der Waals surface area contributed by atoms with Crippen LogP contribution in [0.4, 0.5) is 0 Å². The van der Waals surface area contributed by atoms with Crippen LogP contribution in [0.2, 0.25) is 0 Å². The number of amides is 1. The molecule has 6 nitrogen and oxygen atoms in total. The molecule has 0 saturated carbocycles. The average Bonchev–Trinajstić information content (AvgIpc) is 3.09. The lowest BCUT2D eigenvalue weighted by Gasteiger charge is -2.16. The Balaban J connectivity index is 1.79. The summed E-state index contributed by atoms with van der Waals surface area (Å²) in [5.41, 5.74) is 2.24. The van der Waals surface area contributed by atoms with Gasteiger partial charge in [-0.3, -0.25) is 4.79 Å². The van der Waals surface area contributed by atoms with Crippen molar-refractivity contribution in [3.63, 3.8) is 0 Å². The van der Waals surface area contributed by atoms with Gasteiger partial charge in [0.25, 0.3) is 5.91 Å². The Bertz CT molecular complexity index is 869. The molecule has 0 bridgehead atoms. The zero-order valence-electron chi connectivity index (χ0n) is 14.4. The summed E-state index contributed by atoms with van der Waals surface area (Å²) in [6.45, 7) is 0.303. The molecule has 0 aliphatic rings. The third-order valence-electron chi connectivity index (χ3n) is 4.00. The van der Waals surface area contributed by atoms with Crippen LogP contribution >= 0.6 is 0 Å². The summed E-state index contributed by atoms with van der Waals surface area (Å²) in [5.74, 6) is 1.43. The normalized spacial score (nSPS) is 10.5. The Morgan fingerprint density at radius 3 is 2.44 bits per heavy atom. The first-order valence-corrected chi connectivity index (χ1v) is 7.81. The number of nitrogens with one attached hydrogen (secondary N) is 2. The monoisotopic (exact) mass is 340 g/mol. The molecule has 0 saturated heterocycles. The number of hydrogen-bond acceptors (Lipinski definition) is 4. The van der Waals surface area contributed by atoms with Crippen molar-refractivity contribution >= 4 is 16.8 Å². The molecule has 130 valence electrons. The Hall–Kier alpha value is -3.15. The molecule has 3 rings (SSSR count). The summed E-state index contributed by atoms with van der Waals surface area (Å²) in [6, 6.07) is 13.2. The van der Waals surface area contributed by atoms with Crippen molar-refractivity contribution in [2.24, 2.45) is 0 Å². The van der Waals surface area contributed by atoms with Crippen LogP contribution in [0.3, 0.4) is 0 Å². The molecule has 25 heavy (non-hydrogen) atoms. The van der Waals surface area contributed by atoms with Crippen LogP contribution in [0.25, 0.3) is 10.9 Å².